The predicted molar refractivity (Wildman–Crippen MR) is 108 cm³/mol. The number of aryl methyl sites for hydroxylation is 1. The van der Waals surface area contributed by atoms with Gasteiger partial charge in [0.2, 0.25) is 5.16 Å². The van der Waals surface area contributed by atoms with Crippen LogP contribution in [0.1, 0.15) is 44.6 Å². The summed E-state index contributed by atoms with van der Waals surface area (Å²) in [4.78, 5) is 12.6. The van der Waals surface area contributed by atoms with Gasteiger partial charge in [-0.2, -0.15) is 9.78 Å². The number of hydrogen-bond donors (Lipinski definition) is 0. The van der Waals surface area contributed by atoms with Crippen LogP contribution in [0.5, 0.6) is 0 Å². The van der Waals surface area contributed by atoms with Crippen LogP contribution in [0.3, 0.4) is 0 Å². The Morgan fingerprint density at radius 3 is 2.59 bits per heavy atom. The van der Waals surface area contributed by atoms with E-state index in [2.05, 4.69) is 48.2 Å². The summed E-state index contributed by atoms with van der Waals surface area (Å²) >= 11 is 1.51. The molecule has 0 amide bonds. The van der Waals surface area contributed by atoms with Crippen molar-refractivity contribution in [3.05, 3.63) is 46.8 Å². The molecule has 0 aliphatic carbocycles. The van der Waals surface area contributed by atoms with Crippen LogP contribution in [0.25, 0.3) is 6.08 Å². The summed E-state index contributed by atoms with van der Waals surface area (Å²) in [7, 11) is 0. The summed E-state index contributed by atoms with van der Waals surface area (Å²) in [6.07, 6.45) is 1.84. The first-order chi connectivity index (χ1) is 12.8. The van der Waals surface area contributed by atoms with Crippen LogP contribution in [-0.2, 0) is 14.9 Å². The topological polar surface area (TPSA) is 69.4 Å². The largest absolute Gasteiger partial charge is 0.462 e. The molecule has 0 bridgehead atoms. The summed E-state index contributed by atoms with van der Waals surface area (Å²) in [5, 5.41) is 13.4. The van der Waals surface area contributed by atoms with Gasteiger partial charge in [0.15, 0.2) is 5.82 Å². The zero-order valence-electron chi connectivity index (χ0n) is 16.3. The second-order valence-corrected chi connectivity index (χ2v) is 8.27. The van der Waals surface area contributed by atoms with Crippen molar-refractivity contribution in [2.75, 3.05) is 12.4 Å². The number of hydrogen-bond acceptors (Lipinski definition) is 6. The number of carbonyl (C=O) groups is 1. The number of rotatable bonds is 4. The van der Waals surface area contributed by atoms with Crippen molar-refractivity contribution in [3.8, 4) is 0 Å². The van der Waals surface area contributed by atoms with E-state index >= 15 is 0 Å². The molecule has 0 saturated heterocycles. The number of ether oxygens (including phenoxy) is 1. The van der Waals surface area contributed by atoms with Gasteiger partial charge in [-0.15, -0.1) is 10.2 Å². The van der Waals surface area contributed by atoms with E-state index < -0.39 is 0 Å². The third-order valence-corrected chi connectivity index (χ3v) is 5.15. The molecule has 3 rings (SSSR count). The van der Waals surface area contributed by atoms with Crippen LogP contribution < -0.4 is 0 Å². The van der Waals surface area contributed by atoms with E-state index in [1.165, 1.54) is 17.3 Å². The molecule has 0 saturated carbocycles. The van der Waals surface area contributed by atoms with Gasteiger partial charge >= 0.3 is 5.97 Å². The molecule has 0 N–H and O–H groups in total. The van der Waals surface area contributed by atoms with E-state index in [0.717, 1.165) is 10.7 Å². The zero-order chi connectivity index (χ0) is 19.6. The Hall–Kier alpha value is -2.41. The smallest absolute Gasteiger partial charge is 0.340 e. The summed E-state index contributed by atoms with van der Waals surface area (Å²) in [5.74, 6) is 0.862. The SMILES string of the molecule is CCOC(=O)/C(=C\c1ccc(C(C)(C)C)cc1)C1=Nn2c(C)nnc2SC1. The third kappa shape index (κ3) is 4.30. The van der Waals surface area contributed by atoms with Crippen molar-refractivity contribution in [1.29, 1.82) is 0 Å². The molecule has 0 atom stereocenters. The van der Waals surface area contributed by atoms with Crippen molar-refractivity contribution in [3.63, 3.8) is 0 Å². The molecule has 0 spiro atoms. The van der Waals surface area contributed by atoms with Gasteiger partial charge in [0.25, 0.3) is 0 Å². The van der Waals surface area contributed by atoms with Gasteiger partial charge in [0.05, 0.1) is 17.9 Å². The number of fused-ring (bicyclic) bond motifs is 1. The Bertz CT molecular complexity index is 905. The molecule has 1 aliphatic heterocycles. The molecule has 1 aliphatic rings. The average Bonchev–Trinajstić information content (AvgIpc) is 3.00. The Labute approximate surface area is 163 Å². The fourth-order valence-electron chi connectivity index (χ4n) is 2.67. The maximum absolute atomic E-state index is 12.6. The second-order valence-electron chi connectivity index (χ2n) is 7.33. The van der Waals surface area contributed by atoms with Crippen LogP contribution in [0.2, 0.25) is 0 Å². The van der Waals surface area contributed by atoms with Crippen LogP contribution in [-0.4, -0.2) is 38.9 Å². The van der Waals surface area contributed by atoms with E-state index in [9.17, 15) is 4.79 Å². The number of nitrogens with zero attached hydrogens (tertiary/aromatic N) is 4. The molecule has 7 heteroatoms. The van der Waals surface area contributed by atoms with Gasteiger partial charge < -0.3 is 4.74 Å². The van der Waals surface area contributed by atoms with E-state index in [0.29, 0.717) is 29.5 Å². The number of thioether (sulfide) groups is 1. The first-order valence-corrected chi connectivity index (χ1v) is 9.90. The van der Waals surface area contributed by atoms with Gasteiger partial charge in [-0.1, -0.05) is 56.8 Å². The number of benzene rings is 1. The molecule has 2 aromatic rings. The predicted octanol–water partition coefficient (Wildman–Crippen LogP) is 3.84. The normalized spacial score (nSPS) is 14.6. The lowest BCUT2D eigenvalue weighted by atomic mass is 9.86. The van der Waals surface area contributed by atoms with Gasteiger partial charge in [-0.3, -0.25) is 0 Å². The molecule has 2 heterocycles. The minimum atomic E-state index is -0.370. The fraction of sp³-hybridized carbons (Fsp3) is 0.400. The van der Waals surface area contributed by atoms with E-state index in [1.54, 1.807) is 11.6 Å². The minimum Gasteiger partial charge on any atom is -0.462 e. The highest BCUT2D eigenvalue weighted by atomic mass is 32.2. The molecular formula is C20H24N4O2S. The van der Waals surface area contributed by atoms with Crippen molar-refractivity contribution >= 4 is 29.5 Å². The van der Waals surface area contributed by atoms with Gasteiger partial charge in [-0.05, 0) is 36.5 Å². The molecule has 6 nitrogen and oxygen atoms in total. The quantitative estimate of drug-likeness (QED) is 0.592. The van der Waals surface area contributed by atoms with Crippen LogP contribution >= 0.6 is 11.8 Å². The van der Waals surface area contributed by atoms with Gasteiger partial charge in [0, 0.05) is 5.75 Å². The summed E-state index contributed by atoms with van der Waals surface area (Å²) in [6, 6.07) is 8.22. The number of carbonyl (C=O) groups excluding carboxylic acids is 1. The summed E-state index contributed by atoms with van der Waals surface area (Å²) in [5.41, 5.74) is 3.39. The highest BCUT2D eigenvalue weighted by Crippen LogP contribution is 2.26. The maximum Gasteiger partial charge on any atom is 0.340 e. The molecular weight excluding hydrogens is 360 g/mol. The molecule has 0 fully saturated rings. The monoisotopic (exact) mass is 384 g/mol. The van der Waals surface area contributed by atoms with E-state index in [-0.39, 0.29) is 11.4 Å². The molecule has 27 heavy (non-hydrogen) atoms. The number of esters is 1. The van der Waals surface area contributed by atoms with Crippen molar-refractivity contribution in [2.24, 2.45) is 5.10 Å². The number of aromatic nitrogens is 3. The lowest BCUT2D eigenvalue weighted by molar-refractivity contribution is -0.137. The highest BCUT2D eigenvalue weighted by Gasteiger charge is 2.24. The summed E-state index contributed by atoms with van der Waals surface area (Å²) in [6.45, 7) is 10.5. The van der Waals surface area contributed by atoms with E-state index in [4.69, 9.17) is 4.74 Å². The molecule has 1 aromatic carbocycles. The first-order valence-electron chi connectivity index (χ1n) is 8.92. The van der Waals surface area contributed by atoms with E-state index in [1.807, 2.05) is 25.1 Å². The van der Waals surface area contributed by atoms with Crippen LogP contribution in [0.4, 0.5) is 0 Å². The van der Waals surface area contributed by atoms with Crippen LogP contribution in [0.15, 0.2) is 40.1 Å². The second kappa shape index (κ2) is 7.68. The van der Waals surface area contributed by atoms with Crippen molar-refractivity contribution in [2.45, 2.75) is 45.2 Å². The Kier molecular flexibility index (Phi) is 5.51. The Balaban J connectivity index is 2.00. The molecule has 0 radical (unpaired) electrons. The zero-order valence-corrected chi connectivity index (χ0v) is 17.1. The van der Waals surface area contributed by atoms with Gasteiger partial charge in [0.1, 0.15) is 0 Å². The van der Waals surface area contributed by atoms with Crippen molar-refractivity contribution < 1.29 is 9.53 Å². The molecule has 1 aromatic heterocycles. The minimum absolute atomic E-state index is 0.0820. The first kappa shape index (κ1) is 19.4. The van der Waals surface area contributed by atoms with Gasteiger partial charge in [-0.25, -0.2) is 4.79 Å². The Morgan fingerprint density at radius 1 is 1.26 bits per heavy atom. The standard InChI is InChI=1S/C20H24N4O2S/c1-6-26-18(25)16(11-14-7-9-15(10-8-14)20(3,4)5)17-12-27-19-22-21-13(2)24(19)23-17/h7-11H,6,12H2,1-5H3/b16-11-. The lowest BCUT2D eigenvalue weighted by Crippen LogP contribution is -2.22. The fourth-order valence-corrected chi connectivity index (χ4v) is 3.55. The Morgan fingerprint density at radius 2 is 1.96 bits per heavy atom. The van der Waals surface area contributed by atoms with Crippen molar-refractivity contribution in [1.82, 2.24) is 14.9 Å². The third-order valence-electron chi connectivity index (χ3n) is 4.22. The molecule has 0 unspecified atom stereocenters. The molecule has 142 valence electrons. The highest BCUT2D eigenvalue weighted by molar-refractivity contribution is 7.99. The van der Waals surface area contributed by atoms with Crippen LogP contribution in [0, 0.1) is 6.92 Å². The summed E-state index contributed by atoms with van der Waals surface area (Å²) < 4.78 is 6.94. The lowest BCUT2D eigenvalue weighted by Gasteiger charge is -2.19. The average molecular weight is 385 g/mol. The maximum atomic E-state index is 12.6.